The smallest absolute Gasteiger partial charge is 0.186 e. The van der Waals surface area contributed by atoms with Gasteiger partial charge in [-0.1, -0.05) is 42.5 Å². The third-order valence-electron chi connectivity index (χ3n) is 4.41. The van der Waals surface area contributed by atoms with Gasteiger partial charge in [0.2, 0.25) is 0 Å². The van der Waals surface area contributed by atoms with Gasteiger partial charge in [-0.05, 0) is 29.3 Å². The maximum Gasteiger partial charge on any atom is 0.186 e. The Labute approximate surface area is 147 Å². The molecule has 0 bridgehead atoms. The van der Waals surface area contributed by atoms with Crippen molar-refractivity contribution in [3.8, 4) is 0 Å². The molecule has 2 aromatic carbocycles. The summed E-state index contributed by atoms with van der Waals surface area (Å²) in [6, 6.07) is 14.2. The molecule has 1 saturated heterocycles. The van der Waals surface area contributed by atoms with Crippen LogP contribution in [0.1, 0.15) is 12.5 Å². The van der Waals surface area contributed by atoms with Crippen LogP contribution in [0.5, 0.6) is 0 Å². The number of fused-ring (bicyclic) bond motifs is 1. The van der Waals surface area contributed by atoms with Crippen LogP contribution in [-0.4, -0.2) is 47.5 Å². The maximum atomic E-state index is 10.4. The first-order chi connectivity index (χ1) is 12.1. The minimum atomic E-state index is -1.17. The van der Waals surface area contributed by atoms with E-state index in [-0.39, 0.29) is 6.61 Å². The summed E-state index contributed by atoms with van der Waals surface area (Å²) >= 11 is 0. The summed E-state index contributed by atoms with van der Waals surface area (Å²) in [6.45, 7) is 5.92. The van der Waals surface area contributed by atoms with Crippen LogP contribution in [0.4, 0.5) is 0 Å². The fourth-order valence-electron chi connectivity index (χ4n) is 3.06. The number of hydrogen-bond acceptors (Lipinski definition) is 5. The Bertz CT molecular complexity index is 716. The molecule has 5 atom stereocenters. The van der Waals surface area contributed by atoms with Crippen molar-refractivity contribution in [1.82, 2.24) is 0 Å². The van der Waals surface area contributed by atoms with Gasteiger partial charge in [-0.3, -0.25) is 0 Å². The molecule has 1 aliphatic heterocycles. The molecule has 1 aliphatic rings. The van der Waals surface area contributed by atoms with Gasteiger partial charge in [0.05, 0.1) is 19.3 Å². The Morgan fingerprint density at radius 2 is 1.84 bits per heavy atom. The highest BCUT2D eigenvalue weighted by Crippen LogP contribution is 2.25. The van der Waals surface area contributed by atoms with E-state index in [0.29, 0.717) is 6.61 Å². The lowest BCUT2D eigenvalue weighted by atomic mass is 9.99. The van der Waals surface area contributed by atoms with E-state index in [1.165, 1.54) is 5.39 Å². The van der Waals surface area contributed by atoms with E-state index in [1.54, 1.807) is 13.0 Å². The first-order valence-electron chi connectivity index (χ1n) is 8.43. The molecule has 1 fully saturated rings. The molecule has 0 saturated carbocycles. The lowest BCUT2D eigenvalue weighted by molar-refractivity contribution is -0.298. The van der Waals surface area contributed by atoms with Crippen molar-refractivity contribution in [2.24, 2.45) is 0 Å². The Kier molecular flexibility index (Phi) is 5.83. The molecule has 0 amide bonds. The van der Waals surface area contributed by atoms with Gasteiger partial charge < -0.3 is 24.4 Å². The number of ether oxygens (including phenoxy) is 3. The van der Waals surface area contributed by atoms with Gasteiger partial charge >= 0.3 is 0 Å². The van der Waals surface area contributed by atoms with E-state index in [1.807, 2.05) is 30.3 Å². The van der Waals surface area contributed by atoms with Gasteiger partial charge in [0, 0.05) is 0 Å². The summed E-state index contributed by atoms with van der Waals surface area (Å²) in [4.78, 5) is 0. The van der Waals surface area contributed by atoms with Crippen molar-refractivity contribution in [3.05, 3.63) is 60.7 Å². The first-order valence-corrected chi connectivity index (χ1v) is 8.43. The average Bonchev–Trinajstić information content (AvgIpc) is 2.63. The summed E-state index contributed by atoms with van der Waals surface area (Å²) in [7, 11) is 0. The van der Waals surface area contributed by atoms with Crippen LogP contribution in [0, 0.1) is 0 Å². The molecule has 134 valence electrons. The average molecular weight is 344 g/mol. The molecule has 0 unspecified atom stereocenters. The van der Waals surface area contributed by atoms with E-state index < -0.39 is 30.7 Å². The number of benzene rings is 2. The summed E-state index contributed by atoms with van der Waals surface area (Å²) < 4.78 is 16.8. The lowest BCUT2D eigenvalue weighted by Gasteiger charge is -2.41. The molecule has 0 spiro atoms. The molecule has 2 aromatic rings. The van der Waals surface area contributed by atoms with E-state index >= 15 is 0 Å². The van der Waals surface area contributed by atoms with Gasteiger partial charge in [0.25, 0.3) is 0 Å². The normalized spacial score (nSPS) is 29.6. The van der Waals surface area contributed by atoms with Crippen molar-refractivity contribution in [2.75, 3.05) is 6.61 Å². The molecule has 2 N–H and O–H groups in total. The first kappa shape index (κ1) is 18.0. The standard InChI is InChI=1S/C20H24O5/c1-3-10-23-20-18(22)17(21)19(13(2)25-20)24-12-14-8-9-15-6-4-5-7-16(15)11-14/h3-9,11,13,17-22H,1,10,12H2,2H3/t13-,17-,18+,19-,20+/m0/s1. The molecule has 5 heteroatoms. The van der Waals surface area contributed by atoms with E-state index in [2.05, 4.69) is 18.7 Å². The quantitative estimate of drug-likeness (QED) is 0.788. The summed E-state index contributed by atoms with van der Waals surface area (Å²) in [5.74, 6) is 0. The van der Waals surface area contributed by atoms with Crippen molar-refractivity contribution >= 4 is 10.8 Å². The van der Waals surface area contributed by atoms with Crippen LogP contribution in [0.3, 0.4) is 0 Å². The Hall–Kier alpha value is -1.76. The second kappa shape index (κ2) is 8.08. The molecule has 0 aromatic heterocycles. The zero-order valence-corrected chi connectivity index (χ0v) is 14.2. The minimum absolute atomic E-state index is 0.240. The molecule has 0 aliphatic carbocycles. The zero-order chi connectivity index (χ0) is 17.8. The molecule has 0 radical (unpaired) electrons. The molecule has 25 heavy (non-hydrogen) atoms. The van der Waals surface area contributed by atoms with Crippen molar-refractivity contribution in [2.45, 2.75) is 44.2 Å². The minimum Gasteiger partial charge on any atom is -0.387 e. The Morgan fingerprint density at radius 3 is 2.60 bits per heavy atom. The highest BCUT2D eigenvalue weighted by Gasteiger charge is 2.43. The highest BCUT2D eigenvalue weighted by atomic mass is 16.7. The summed E-state index contributed by atoms with van der Waals surface area (Å²) in [5.41, 5.74) is 0.998. The molecule has 1 heterocycles. The van der Waals surface area contributed by atoms with Crippen molar-refractivity contribution < 1.29 is 24.4 Å². The fraction of sp³-hybridized carbons (Fsp3) is 0.400. The SMILES string of the molecule is C=CCO[C@@H]1O[C@@H](C)[C@H](OCc2ccc3ccccc3c2)[C@@H](O)[C@H]1O. The third-order valence-corrected chi connectivity index (χ3v) is 4.41. The second-order valence-corrected chi connectivity index (χ2v) is 6.27. The van der Waals surface area contributed by atoms with Crippen LogP contribution in [0.15, 0.2) is 55.1 Å². The van der Waals surface area contributed by atoms with Crippen LogP contribution < -0.4 is 0 Å². The van der Waals surface area contributed by atoms with E-state index in [9.17, 15) is 10.2 Å². The predicted molar refractivity (Wildman–Crippen MR) is 95.0 cm³/mol. The van der Waals surface area contributed by atoms with Crippen molar-refractivity contribution in [1.29, 1.82) is 0 Å². The van der Waals surface area contributed by atoms with Gasteiger partial charge in [-0.15, -0.1) is 6.58 Å². The number of aliphatic hydroxyl groups is 2. The summed E-state index contributed by atoms with van der Waals surface area (Å²) in [5, 5.41) is 22.8. The fourth-order valence-corrected chi connectivity index (χ4v) is 3.06. The second-order valence-electron chi connectivity index (χ2n) is 6.27. The van der Waals surface area contributed by atoms with Crippen LogP contribution in [0.25, 0.3) is 10.8 Å². The number of hydrogen-bond donors (Lipinski definition) is 2. The van der Waals surface area contributed by atoms with Crippen LogP contribution in [-0.2, 0) is 20.8 Å². The highest BCUT2D eigenvalue weighted by molar-refractivity contribution is 5.82. The Morgan fingerprint density at radius 1 is 1.08 bits per heavy atom. The van der Waals surface area contributed by atoms with Crippen LogP contribution >= 0.6 is 0 Å². The van der Waals surface area contributed by atoms with Gasteiger partial charge in [-0.2, -0.15) is 0 Å². The monoisotopic (exact) mass is 344 g/mol. The molecular weight excluding hydrogens is 320 g/mol. The maximum absolute atomic E-state index is 10.4. The third kappa shape index (κ3) is 4.08. The zero-order valence-electron chi connectivity index (χ0n) is 14.2. The van der Waals surface area contributed by atoms with Gasteiger partial charge in [0.15, 0.2) is 6.29 Å². The largest absolute Gasteiger partial charge is 0.387 e. The van der Waals surface area contributed by atoms with Gasteiger partial charge in [-0.25, -0.2) is 0 Å². The number of aliphatic hydroxyl groups excluding tert-OH is 2. The predicted octanol–water partition coefficient (Wildman–Crippen LogP) is 2.39. The molecule has 5 nitrogen and oxygen atoms in total. The van der Waals surface area contributed by atoms with Crippen LogP contribution in [0.2, 0.25) is 0 Å². The van der Waals surface area contributed by atoms with Gasteiger partial charge in [0.1, 0.15) is 18.3 Å². The topological polar surface area (TPSA) is 68.2 Å². The summed E-state index contributed by atoms with van der Waals surface area (Å²) in [6.07, 6.45) is -2.62. The number of rotatable bonds is 6. The lowest BCUT2D eigenvalue weighted by Crippen LogP contribution is -2.58. The van der Waals surface area contributed by atoms with E-state index in [4.69, 9.17) is 14.2 Å². The van der Waals surface area contributed by atoms with Crippen molar-refractivity contribution in [3.63, 3.8) is 0 Å². The molecule has 3 rings (SSSR count). The van der Waals surface area contributed by atoms with E-state index in [0.717, 1.165) is 10.9 Å². The molecular formula is C20H24O5. The Balaban J connectivity index is 1.64.